The normalized spacial score (nSPS) is 18.5. The fourth-order valence-electron chi connectivity index (χ4n) is 6.99. The van der Waals surface area contributed by atoms with Crippen LogP contribution in [0.2, 0.25) is 5.02 Å². The molecule has 0 saturated carbocycles. The van der Waals surface area contributed by atoms with Crippen LogP contribution in [0.4, 0.5) is 10.1 Å². The third kappa shape index (κ3) is 6.05. The molecule has 13 heteroatoms. The van der Waals surface area contributed by atoms with Gasteiger partial charge < -0.3 is 24.3 Å². The molecule has 3 aliphatic rings. The van der Waals surface area contributed by atoms with Crippen LogP contribution in [-0.4, -0.2) is 67.3 Å². The fourth-order valence-corrected chi connectivity index (χ4v) is 7.16. The van der Waals surface area contributed by atoms with Crippen LogP contribution in [0.15, 0.2) is 65.8 Å². The van der Waals surface area contributed by atoms with Gasteiger partial charge in [0.25, 0.3) is 5.91 Å². The highest BCUT2D eigenvalue weighted by Crippen LogP contribution is 2.39. The molecule has 7 rings (SSSR count). The number of carbonyl (C=O) groups is 3. The summed E-state index contributed by atoms with van der Waals surface area (Å²) in [6.45, 7) is 6.47. The Morgan fingerprint density at radius 3 is 2.55 bits per heavy atom. The first-order valence-electron chi connectivity index (χ1n) is 16.2. The topological polar surface area (TPSA) is 130 Å². The molecule has 0 fully saturated rings. The number of fused-ring (bicyclic) bond motifs is 2. The first kappa shape index (κ1) is 32.4. The highest BCUT2D eigenvalue weighted by Gasteiger charge is 2.42. The molecule has 1 N–H and O–H groups in total. The van der Waals surface area contributed by atoms with Gasteiger partial charge in [0.15, 0.2) is 17.4 Å². The summed E-state index contributed by atoms with van der Waals surface area (Å²) in [5.41, 5.74) is 3.84. The van der Waals surface area contributed by atoms with Crippen LogP contribution in [0, 0.1) is 5.82 Å². The van der Waals surface area contributed by atoms with Crippen LogP contribution in [0.3, 0.4) is 0 Å². The molecule has 11 nitrogen and oxygen atoms in total. The number of nitrogens with zero attached hydrogens (tertiary/aromatic N) is 6. The Labute approximate surface area is 286 Å². The minimum atomic E-state index is -1.06. The number of benzene rings is 3. The third-order valence-electron chi connectivity index (χ3n) is 9.41. The van der Waals surface area contributed by atoms with Gasteiger partial charge in [-0.2, -0.15) is 0 Å². The Morgan fingerprint density at radius 2 is 1.80 bits per heavy atom. The zero-order valence-electron chi connectivity index (χ0n) is 27.0. The summed E-state index contributed by atoms with van der Waals surface area (Å²) in [6.07, 6.45) is -0.557. The Balaban J connectivity index is 1.19. The van der Waals surface area contributed by atoms with Gasteiger partial charge in [0.1, 0.15) is 11.9 Å². The highest BCUT2D eigenvalue weighted by molar-refractivity contribution is 6.31. The van der Waals surface area contributed by atoms with Gasteiger partial charge in [-0.1, -0.05) is 60.9 Å². The monoisotopic (exact) mass is 684 g/mol. The van der Waals surface area contributed by atoms with E-state index in [0.29, 0.717) is 18.5 Å². The van der Waals surface area contributed by atoms with E-state index in [-0.39, 0.29) is 52.9 Å². The number of halogens is 2. The Bertz CT molecular complexity index is 1990. The molecule has 1 amide bonds. The number of hydrogen-bond acceptors (Lipinski definition) is 8. The van der Waals surface area contributed by atoms with Crippen LogP contribution in [0.5, 0.6) is 0 Å². The number of anilines is 1. The lowest BCUT2D eigenvalue weighted by atomic mass is 9.86. The van der Waals surface area contributed by atoms with E-state index in [0.717, 1.165) is 41.6 Å². The number of hydrogen-bond donors (Lipinski definition) is 1. The van der Waals surface area contributed by atoms with E-state index in [9.17, 15) is 23.9 Å². The van der Waals surface area contributed by atoms with E-state index in [1.807, 2.05) is 18.2 Å². The van der Waals surface area contributed by atoms with Crippen molar-refractivity contribution in [3.05, 3.63) is 111 Å². The van der Waals surface area contributed by atoms with Crippen molar-refractivity contribution in [3.63, 3.8) is 0 Å². The van der Waals surface area contributed by atoms with E-state index in [2.05, 4.69) is 38.7 Å². The summed E-state index contributed by atoms with van der Waals surface area (Å²) in [6, 6.07) is 15.6. The number of amides is 1. The summed E-state index contributed by atoms with van der Waals surface area (Å²) in [7, 11) is 0. The van der Waals surface area contributed by atoms with E-state index >= 15 is 0 Å². The van der Waals surface area contributed by atoms with Crippen LogP contribution >= 0.6 is 11.6 Å². The maximum absolute atomic E-state index is 14.8. The van der Waals surface area contributed by atoms with Crippen LogP contribution < -0.4 is 4.90 Å². The molecule has 0 saturated heterocycles. The largest absolute Gasteiger partial charge is 0.478 e. The van der Waals surface area contributed by atoms with Crippen molar-refractivity contribution < 1.29 is 28.7 Å². The van der Waals surface area contributed by atoms with Crippen molar-refractivity contribution in [1.29, 1.82) is 0 Å². The van der Waals surface area contributed by atoms with Crippen LogP contribution in [0.25, 0.3) is 0 Å². The van der Waals surface area contributed by atoms with Crippen LogP contribution in [0.1, 0.15) is 76.5 Å². The number of oxime groups is 1. The second kappa shape index (κ2) is 13.1. The predicted octanol–water partition coefficient (Wildman–Crippen LogP) is 5.34. The minimum absolute atomic E-state index is 0.0177. The average Bonchev–Trinajstić information content (AvgIpc) is 3.76. The molecule has 1 aromatic heterocycles. The SMILES string of the molecule is CC(C)c1nnc2n1CCN(c1cccc3c1CCN(C(=O)[C@@H]1CC(c4cccc(Cl)c4F)=NO1)[C@@H]3C(=O)Cc1ccc(C(=O)O)cc1)C2. The molecule has 252 valence electrons. The summed E-state index contributed by atoms with van der Waals surface area (Å²) >= 11 is 5.99. The third-order valence-corrected chi connectivity index (χ3v) is 9.70. The Morgan fingerprint density at radius 1 is 1.02 bits per heavy atom. The van der Waals surface area contributed by atoms with E-state index in [1.54, 1.807) is 23.1 Å². The number of aromatic nitrogens is 3. The van der Waals surface area contributed by atoms with Gasteiger partial charge in [-0.05, 0) is 53.4 Å². The molecule has 2 atom stereocenters. The second-order valence-corrected chi connectivity index (χ2v) is 13.2. The first-order chi connectivity index (χ1) is 23.6. The van der Waals surface area contributed by atoms with E-state index in [4.69, 9.17) is 16.4 Å². The Kier molecular flexibility index (Phi) is 8.66. The lowest BCUT2D eigenvalue weighted by Crippen LogP contribution is -2.48. The van der Waals surface area contributed by atoms with Gasteiger partial charge in [-0.3, -0.25) is 9.59 Å². The molecule has 0 bridgehead atoms. The quantitative estimate of drug-likeness (QED) is 0.263. The van der Waals surface area contributed by atoms with Crippen molar-refractivity contribution in [1.82, 2.24) is 19.7 Å². The number of carbonyl (C=O) groups excluding carboxylic acids is 2. The van der Waals surface area contributed by atoms with Crippen molar-refractivity contribution in [2.75, 3.05) is 18.0 Å². The average molecular weight is 685 g/mol. The van der Waals surface area contributed by atoms with Crippen molar-refractivity contribution in [2.45, 2.75) is 64.3 Å². The first-order valence-corrected chi connectivity index (χ1v) is 16.6. The lowest BCUT2D eigenvalue weighted by Gasteiger charge is -2.40. The molecule has 4 aromatic rings. The van der Waals surface area contributed by atoms with Crippen LogP contribution in [-0.2, 0) is 40.4 Å². The van der Waals surface area contributed by atoms with Crippen molar-refractivity contribution >= 4 is 40.7 Å². The fraction of sp³-hybridized carbons (Fsp3) is 0.333. The second-order valence-electron chi connectivity index (χ2n) is 12.8. The number of carboxylic acid groups (broad SMARTS) is 1. The van der Waals surface area contributed by atoms with Crippen molar-refractivity contribution in [2.24, 2.45) is 5.16 Å². The summed E-state index contributed by atoms with van der Waals surface area (Å²) in [4.78, 5) is 49.2. The van der Waals surface area contributed by atoms with Gasteiger partial charge in [0.2, 0.25) is 6.10 Å². The molecular weight excluding hydrogens is 651 g/mol. The number of aromatic carboxylic acids is 1. The molecule has 0 radical (unpaired) electrons. The maximum atomic E-state index is 14.8. The molecular formula is C36H34ClFN6O5. The van der Waals surface area contributed by atoms with Gasteiger partial charge in [-0.15, -0.1) is 10.2 Å². The number of ketones is 1. The molecule has 4 heterocycles. The number of Topliss-reactive ketones (excluding diaryl/α,β-unsaturated/α-hetero) is 1. The van der Waals surface area contributed by atoms with E-state index in [1.165, 1.54) is 24.3 Å². The maximum Gasteiger partial charge on any atom is 0.335 e. The van der Waals surface area contributed by atoms with E-state index < -0.39 is 29.8 Å². The predicted molar refractivity (Wildman–Crippen MR) is 179 cm³/mol. The van der Waals surface area contributed by atoms with Gasteiger partial charge in [0.05, 0.1) is 22.8 Å². The summed E-state index contributed by atoms with van der Waals surface area (Å²) in [5, 5.41) is 22.2. The molecule has 0 unspecified atom stereocenters. The Hall–Kier alpha value is -5.10. The van der Waals surface area contributed by atoms with Gasteiger partial charge in [-0.25, -0.2) is 9.18 Å². The molecule has 0 spiro atoms. The minimum Gasteiger partial charge on any atom is -0.478 e. The highest BCUT2D eigenvalue weighted by atomic mass is 35.5. The summed E-state index contributed by atoms with van der Waals surface area (Å²) < 4.78 is 17.0. The van der Waals surface area contributed by atoms with Crippen molar-refractivity contribution in [3.8, 4) is 0 Å². The zero-order chi connectivity index (χ0) is 34.4. The number of rotatable bonds is 8. The summed E-state index contributed by atoms with van der Waals surface area (Å²) in [5.74, 6) is -0.266. The lowest BCUT2D eigenvalue weighted by molar-refractivity contribution is -0.149. The molecule has 3 aliphatic heterocycles. The number of carboxylic acids is 1. The zero-order valence-corrected chi connectivity index (χ0v) is 27.7. The smallest absolute Gasteiger partial charge is 0.335 e. The molecule has 0 aliphatic carbocycles. The molecule has 49 heavy (non-hydrogen) atoms. The van der Waals surface area contributed by atoms with Gasteiger partial charge >= 0.3 is 5.97 Å². The van der Waals surface area contributed by atoms with Gasteiger partial charge in [0, 0.05) is 49.6 Å². The molecule has 3 aromatic carbocycles. The standard InChI is InChI=1S/C36H34ClFN6O5/c1-20(2)34-40-39-31-19-42(15-16-43(31)34)28-8-4-5-24-23(28)13-14-44(33(24)29(45)17-21-9-11-22(12-10-21)36(47)48)35(46)30-18-27(41-49-30)25-6-3-7-26(37)32(25)38/h3-12,20,30,33H,13-19H2,1-2H3,(H,47,48)/t30-,33-/m0/s1.